The summed E-state index contributed by atoms with van der Waals surface area (Å²) >= 11 is 0. The number of nitrogens with one attached hydrogen (secondary N) is 2. The van der Waals surface area contributed by atoms with Crippen LogP contribution in [0, 0.1) is 6.92 Å². The van der Waals surface area contributed by atoms with Gasteiger partial charge in [-0.25, -0.2) is 0 Å². The lowest BCUT2D eigenvalue weighted by Gasteiger charge is -2.18. The number of anilines is 1. The Labute approximate surface area is 251 Å². The molecule has 0 fully saturated rings. The Morgan fingerprint density at radius 1 is 0.814 bits per heavy atom. The molecule has 0 saturated heterocycles. The molecule has 0 aliphatic carbocycles. The van der Waals surface area contributed by atoms with E-state index < -0.39 is 0 Å². The van der Waals surface area contributed by atoms with Gasteiger partial charge in [0.05, 0.1) is 43.6 Å². The van der Waals surface area contributed by atoms with Crippen molar-refractivity contribution < 1.29 is 19.0 Å². The topological polar surface area (TPSA) is 92.9 Å². The monoisotopic (exact) mass is 579 g/mol. The van der Waals surface area contributed by atoms with Gasteiger partial charge in [0.1, 0.15) is 5.75 Å². The third-order valence-corrected chi connectivity index (χ3v) is 7.74. The SMILES string of the molecule is COc1cc(CCCN(C)Cc2ccc(OC)c(OC)c2)ccc1NC(=O)c1cccc2c(=O)c3cccc(C)c3[nH]c12. The fourth-order valence-corrected chi connectivity index (χ4v) is 5.47. The van der Waals surface area contributed by atoms with E-state index >= 15 is 0 Å². The number of methoxy groups -OCH3 is 3. The van der Waals surface area contributed by atoms with Crippen LogP contribution in [-0.2, 0) is 13.0 Å². The number of para-hydroxylation sites is 2. The molecule has 43 heavy (non-hydrogen) atoms. The number of hydrogen-bond acceptors (Lipinski definition) is 6. The van der Waals surface area contributed by atoms with Crippen LogP contribution in [-0.4, -0.2) is 50.7 Å². The number of benzene rings is 4. The van der Waals surface area contributed by atoms with Gasteiger partial charge in [0.2, 0.25) is 0 Å². The van der Waals surface area contributed by atoms with Gasteiger partial charge in [0.15, 0.2) is 16.9 Å². The number of pyridine rings is 1. The first-order valence-corrected chi connectivity index (χ1v) is 14.2. The number of ether oxygens (including phenoxy) is 3. The Hall–Kier alpha value is -4.82. The maximum Gasteiger partial charge on any atom is 0.257 e. The number of fused-ring (bicyclic) bond motifs is 2. The largest absolute Gasteiger partial charge is 0.495 e. The standard InChI is InChI=1S/C35H37N3O5/c1-22-9-6-11-25-32(22)37-33-26(34(25)39)12-7-13-27(33)35(40)36-28-16-14-23(19-30(28)42-4)10-8-18-38(2)21-24-15-17-29(41-3)31(20-24)43-5/h6-7,9,11-17,19-20H,8,10,18,21H2,1-5H3,(H,36,40)(H,37,39). The highest BCUT2D eigenvalue weighted by Gasteiger charge is 2.17. The molecule has 8 heteroatoms. The molecule has 0 radical (unpaired) electrons. The lowest BCUT2D eigenvalue weighted by atomic mass is 10.0. The van der Waals surface area contributed by atoms with E-state index in [-0.39, 0.29) is 11.3 Å². The number of carbonyl (C=O) groups excluding carboxylic acids is 1. The van der Waals surface area contributed by atoms with Crippen LogP contribution in [0.3, 0.4) is 0 Å². The molecule has 222 valence electrons. The highest BCUT2D eigenvalue weighted by Crippen LogP contribution is 2.29. The minimum atomic E-state index is -0.322. The van der Waals surface area contributed by atoms with Crippen LogP contribution in [0.25, 0.3) is 21.8 Å². The van der Waals surface area contributed by atoms with Gasteiger partial charge in [-0.3, -0.25) is 9.59 Å². The van der Waals surface area contributed by atoms with E-state index in [9.17, 15) is 9.59 Å². The Balaban J connectivity index is 1.26. The van der Waals surface area contributed by atoms with Gasteiger partial charge >= 0.3 is 0 Å². The Morgan fingerprint density at radius 3 is 2.23 bits per heavy atom. The van der Waals surface area contributed by atoms with E-state index in [2.05, 4.69) is 28.3 Å². The molecule has 8 nitrogen and oxygen atoms in total. The quantitative estimate of drug-likeness (QED) is 0.178. The van der Waals surface area contributed by atoms with E-state index in [0.717, 1.165) is 59.6 Å². The smallest absolute Gasteiger partial charge is 0.257 e. The average Bonchev–Trinajstić information content (AvgIpc) is 3.02. The Bertz CT molecular complexity index is 1850. The van der Waals surface area contributed by atoms with Crippen molar-refractivity contribution in [3.63, 3.8) is 0 Å². The van der Waals surface area contributed by atoms with Crippen molar-refractivity contribution in [1.82, 2.24) is 9.88 Å². The molecule has 0 aliphatic heterocycles. The molecule has 0 atom stereocenters. The number of carbonyl (C=O) groups is 1. The summed E-state index contributed by atoms with van der Waals surface area (Å²) in [7, 11) is 6.97. The second-order valence-corrected chi connectivity index (χ2v) is 10.7. The molecule has 1 heterocycles. The molecule has 2 N–H and O–H groups in total. The predicted molar refractivity (Wildman–Crippen MR) is 172 cm³/mol. The van der Waals surface area contributed by atoms with E-state index in [1.165, 1.54) is 0 Å². The van der Waals surface area contributed by atoms with Crippen LogP contribution in [0.4, 0.5) is 5.69 Å². The summed E-state index contributed by atoms with van der Waals surface area (Å²) in [5.41, 5.74) is 5.32. The molecule has 0 bridgehead atoms. The van der Waals surface area contributed by atoms with Gasteiger partial charge in [-0.15, -0.1) is 0 Å². The first kappa shape index (κ1) is 29.7. The minimum Gasteiger partial charge on any atom is -0.495 e. The predicted octanol–water partition coefficient (Wildman–Crippen LogP) is 6.33. The lowest BCUT2D eigenvalue weighted by Crippen LogP contribution is -2.19. The summed E-state index contributed by atoms with van der Waals surface area (Å²) < 4.78 is 16.4. The maximum absolute atomic E-state index is 13.5. The van der Waals surface area contributed by atoms with E-state index in [1.807, 2.05) is 49.4 Å². The zero-order valence-electron chi connectivity index (χ0n) is 25.2. The molecular formula is C35H37N3O5. The molecule has 1 aromatic heterocycles. The summed E-state index contributed by atoms with van der Waals surface area (Å²) in [6, 6.07) is 22.6. The fourth-order valence-electron chi connectivity index (χ4n) is 5.47. The molecule has 0 unspecified atom stereocenters. The number of rotatable bonds is 11. The Kier molecular flexibility index (Phi) is 8.97. The molecule has 5 aromatic rings. The summed E-state index contributed by atoms with van der Waals surface area (Å²) in [5.74, 6) is 1.71. The van der Waals surface area contributed by atoms with Gasteiger partial charge in [-0.1, -0.05) is 30.3 Å². The molecule has 0 spiro atoms. The number of aromatic nitrogens is 1. The number of amides is 1. The van der Waals surface area contributed by atoms with Crippen molar-refractivity contribution in [1.29, 1.82) is 0 Å². The summed E-state index contributed by atoms with van der Waals surface area (Å²) in [4.78, 5) is 32.3. The van der Waals surface area contributed by atoms with Crippen molar-refractivity contribution in [2.24, 2.45) is 0 Å². The highest BCUT2D eigenvalue weighted by molar-refractivity contribution is 6.13. The summed E-state index contributed by atoms with van der Waals surface area (Å²) in [6.07, 6.45) is 1.81. The van der Waals surface area contributed by atoms with E-state index in [4.69, 9.17) is 14.2 Å². The van der Waals surface area contributed by atoms with Crippen LogP contribution >= 0.6 is 0 Å². The zero-order valence-corrected chi connectivity index (χ0v) is 25.2. The van der Waals surface area contributed by atoms with Crippen molar-refractivity contribution in [2.75, 3.05) is 40.2 Å². The minimum absolute atomic E-state index is 0.0987. The third-order valence-electron chi connectivity index (χ3n) is 7.74. The van der Waals surface area contributed by atoms with Gasteiger partial charge in [0.25, 0.3) is 5.91 Å². The third kappa shape index (κ3) is 6.34. The summed E-state index contributed by atoms with van der Waals surface area (Å²) in [5, 5.41) is 4.07. The first-order chi connectivity index (χ1) is 20.8. The second-order valence-electron chi connectivity index (χ2n) is 10.7. The number of H-pyrrole nitrogens is 1. The average molecular weight is 580 g/mol. The van der Waals surface area contributed by atoms with Gasteiger partial charge in [0, 0.05) is 17.3 Å². The molecule has 0 aliphatic rings. The Morgan fingerprint density at radius 2 is 1.49 bits per heavy atom. The van der Waals surface area contributed by atoms with Crippen LogP contribution < -0.4 is 25.0 Å². The molecule has 1 amide bonds. The fraction of sp³-hybridized carbons (Fsp3) is 0.257. The first-order valence-electron chi connectivity index (χ1n) is 14.2. The van der Waals surface area contributed by atoms with Gasteiger partial charge in [-0.2, -0.15) is 0 Å². The van der Waals surface area contributed by atoms with Gasteiger partial charge < -0.3 is 29.4 Å². The van der Waals surface area contributed by atoms with Crippen molar-refractivity contribution >= 4 is 33.4 Å². The number of aryl methyl sites for hydroxylation is 2. The number of aromatic amines is 1. The molecule has 5 rings (SSSR count). The van der Waals surface area contributed by atoms with Crippen LogP contribution in [0.5, 0.6) is 17.2 Å². The summed E-state index contributed by atoms with van der Waals surface area (Å²) in [6.45, 7) is 3.64. The number of hydrogen-bond donors (Lipinski definition) is 2. The lowest BCUT2D eigenvalue weighted by molar-refractivity contribution is 0.102. The maximum atomic E-state index is 13.5. The molecule has 4 aromatic carbocycles. The van der Waals surface area contributed by atoms with Crippen LogP contribution in [0.2, 0.25) is 0 Å². The highest BCUT2D eigenvalue weighted by atomic mass is 16.5. The zero-order chi connectivity index (χ0) is 30.5. The van der Waals surface area contributed by atoms with E-state index in [0.29, 0.717) is 33.3 Å². The number of nitrogens with zero attached hydrogens (tertiary/aromatic N) is 1. The van der Waals surface area contributed by atoms with Gasteiger partial charge in [-0.05, 0) is 92.5 Å². The van der Waals surface area contributed by atoms with Crippen molar-refractivity contribution in [2.45, 2.75) is 26.3 Å². The molecule has 0 saturated carbocycles. The normalized spacial score (nSPS) is 11.2. The molecular weight excluding hydrogens is 542 g/mol. The van der Waals surface area contributed by atoms with E-state index in [1.54, 1.807) is 45.6 Å². The van der Waals surface area contributed by atoms with Crippen molar-refractivity contribution in [3.8, 4) is 17.2 Å². The van der Waals surface area contributed by atoms with Crippen LogP contribution in [0.1, 0.15) is 33.5 Å². The van der Waals surface area contributed by atoms with Crippen LogP contribution in [0.15, 0.2) is 77.6 Å². The van der Waals surface area contributed by atoms with Crippen molar-refractivity contribution in [3.05, 3.63) is 105 Å². The second kappa shape index (κ2) is 13.0.